The van der Waals surface area contributed by atoms with Gasteiger partial charge in [-0.2, -0.15) is 0 Å². The van der Waals surface area contributed by atoms with Crippen LogP contribution in [0.3, 0.4) is 0 Å². The topological polar surface area (TPSA) is 143 Å². The molecule has 0 unspecified atom stereocenters. The minimum absolute atomic E-state index is 0.200. The zero-order valence-corrected chi connectivity index (χ0v) is 63.6. The van der Waals surface area contributed by atoms with E-state index in [9.17, 15) is 8.42 Å². The summed E-state index contributed by atoms with van der Waals surface area (Å²) in [7, 11) is -3.07. The van der Waals surface area contributed by atoms with E-state index in [0.717, 1.165) is 169 Å². The molecular weight excluding hydrogens is 1220 g/mol. The van der Waals surface area contributed by atoms with Crippen molar-refractivity contribution in [3.05, 3.63) is 93.0 Å². The molecule has 3 aromatic heterocycles. The molecule has 0 saturated carbocycles. The molecular formula is C87H128N8O2S. The number of nitrogens with one attached hydrogen (secondary N) is 2. The third kappa shape index (κ3) is 21.4. The smallest absolute Gasteiger partial charge is 0.165 e. The van der Waals surface area contributed by atoms with E-state index < -0.39 is 9.84 Å². The number of H-pyrrole nitrogens is 2. The maximum Gasteiger partial charge on any atom is 0.165 e. The molecule has 0 spiro atoms. The van der Waals surface area contributed by atoms with Gasteiger partial charge in [-0.05, 0) is 148 Å². The SMILES string of the molecule is CCCCCCCCc1ccc(CCCCCCCC)c2c1-c1nc-2nc2[nH]c(nc3nc(nc4[nH]c(n1)c1c(C)ccc(CCCCCS(C)(=O)=O)c41)-c1c(CCCCCCCC)ccc(CCCCCCCC)c1-3)c1c(CCCCCCCC)ccc(CCCCCCCC)c21. The second-order valence-electron chi connectivity index (χ2n) is 29.8. The fourth-order valence-electron chi connectivity index (χ4n) is 15.8. The number of benzene rings is 4. The third-order valence-electron chi connectivity index (χ3n) is 21.5. The van der Waals surface area contributed by atoms with Crippen LogP contribution in [0.25, 0.3) is 89.7 Å². The lowest BCUT2D eigenvalue weighted by Gasteiger charge is -2.13. The average Bonchev–Trinajstić information content (AvgIpc) is 1.59. The van der Waals surface area contributed by atoms with Crippen molar-refractivity contribution in [1.82, 2.24) is 39.9 Å². The molecule has 534 valence electrons. The van der Waals surface area contributed by atoms with Crippen molar-refractivity contribution in [2.45, 2.75) is 344 Å². The quantitative estimate of drug-likeness (QED) is 0.0359. The van der Waals surface area contributed by atoms with Crippen LogP contribution in [-0.4, -0.2) is 60.3 Å². The van der Waals surface area contributed by atoms with Gasteiger partial charge in [0.1, 0.15) is 32.4 Å². The van der Waals surface area contributed by atoms with Crippen molar-refractivity contribution in [2.24, 2.45) is 0 Å². The Morgan fingerprint density at radius 2 is 0.480 bits per heavy atom. The number of aromatic nitrogens is 8. The van der Waals surface area contributed by atoms with Gasteiger partial charge in [0.2, 0.25) is 0 Å². The standard InChI is InChI=1S/C87H128N8O2S/c1-9-15-21-27-33-40-48-66-57-58-67(49-41-34-28-22-16-10-2)75-74(66)82-89-80-72-64(7)55-56-65(54-46-39-47-63-98(8,96)97)73(72)81(88-80)90-83-76-68(50-42-35-29-23-17-11-3)59-60-69(51-43-36-30-24-18-12-4)77(76)85(92-83)94-87-79-71(53-45-38-32-26-20-14-6)62-61-70(52-44-37-31-25-19-13-5)78(79)86(95-87)93-84(75)91-82/h55-62H,9-54,63H2,1-8H3,(H2,88,89,90,91,92,93,94,95). The van der Waals surface area contributed by atoms with E-state index in [1.165, 1.54) is 249 Å². The monoisotopic (exact) mass is 1350 g/mol. The highest BCUT2D eigenvalue weighted by molar-refractivity contribution is 7.90. The highest BCUT2D eigenvalue weighted by Crippen LogP contribution is 2.45. The van der Waals surface area contributed by atoms with Gasteiger partial charge in [-0.25, -0.2) is 38.3 Å². The third-order valence-corrected chi connectivity index (χ3v) is 22.5. The van der Waals surface area contributed by atoms with Crippen LogP contribution in [0.1, 0.15) is 336 Å². The minimum Gasteiger partial charge on any atom is -0.324 e. The van der Waals surface area contributed by atoms with Gasteiger partial charge in [0.25, 0.3) is 0 Å². The zero-order chi connectivity index (χ0) is 68.9. The van der Waals surface area contributed by atoms with E-state index in [2.05, 4.69) is 107 Å². The Morgan fingerprint density at radius 1 is 0.265 bits per heavy atom. The number of hydrogen-bond acceptors (Lipinski definition) is 8. The van der Waals surface area contributed by atoms with Crippen molar-refractivity contribution >= 4 is 54.0 Å². The lowest BCUT2D eigenvalue weighted by atomic mass is 9.91. The van der Waals surface area contributed by atoms with E-state index >= 15 is 0 Å². The van der Waals surface area contributed by atoms with E-state index in [1.807, 2.05) is 0 Å². The fourth-order valence-corrected chi connectivity index (χ4v) is 16.6. The largest absolute Gasteiger partial charge is 0.324 e. The molecule has 9 rings (SSSR count). The van der Waals surface area contributed by atoms with Gasteiger partial charge in [0.05, 0.1) is 0 Å². The maximum atomic E-state index is 12.4. The molecule has 98 heavy (non-hydrogen) atoms. The molecule has 2 aliphatic heterocycles. The molecule has 10 nitrogen and oxygen atoms in total. The van der Waals surface area contributed by atoms with Crippen LogP contribution < -0.4 is 0 Å². The van der Waals surface area contributed by atoms with Crippen LogP contribution in [0.2, 0.25) is 0 Å². The van der Waals surface area contributed by atoms with Crippen molar-refractivity contribution < 1.29 is 8.42 Å². The number of aromatic amines is 2. The van der Waals surface area contributed by atoms with Gasteiger partial charge in [0.15, 0.2) is 23.3 Å². The number of hydrogen-bond donors (Lipinski definition) is 2. The normalized spacial score (nSPS) is 12.2. The molecule has 7 aromatic rings. The predicted molar refractivity (Wildman–Crippen MR) is 421 cm³/mol. The Balaban J connectivity index is 1.39. The van der Waals surface area contributed by atoms with Crippen LogP contribution in [0, 0.1) is 6.92 Å². The minimum atomic E-state index is -3.07. The zero-order valence-electron chi connectivity index (χ0n) is 62.8. The van der Waals surface area contributed by atoms with Crippen LogP contribution in [0.5, 0.6) is 0 Å². The van der Waals surface area contributed by atoms with E-state index in [1.54, 1.807) is 0 Å². The van der Waals surface area contributed by atoms with E-state index in [-0.39, 0.29) is 5.75 Å². The molecule has 0 aliphatic carbocycles. The summed E-state index contributed by atoms with van der Waals surface area (Å²) in [6.07, 6.45) is 54.3. The van der Waals surface area contributed by atoms with Gasteiger partial charge in [0, 0.05) is 55.8 Å². The second-order valence-corrected chi connectivity index (χ2v) is 32.1. The van der Waals surface area contributed by atoms with Gasteiger partial charge < -0.3 is 9.97 Å². The number of aryl methyl sites for hydroxylation is 8. The Hall–Kier alpha value is -5.81. The van der Waals surface area contributed by atoms with Crippen LogP contribution in [-0.2, 0) is 54.8 Å². The Bertz CT molecular complexity index is 3910. The fraction of sp³-hybridized carbons (Fsp3) is 0.632. The van der Waals surface area contributed by atoms with Crippen molar-refractivity contribution in [2.75, 3.05) is 12.0 Å². The summed E-state index contributed by atoms with van der Waals surface area (Å²) in [5, 5.41) is 4.48. The molecule has 0 saturated heterocycles. The number of sulfone groups is 1. The Labute approximate surface area is 593 Å². The van der Waals surface area contributed by atoms with Crippen molar-refractivity contribution in [1.29, 1.82) is 0 Å². The molecule has 0 radical (unpaired) electrons. The molecule has 2 aliphatic rings. The maximum absolute atomic E-state index is 12.4. The lowest BCUT2D eigenvalue weighted by Crippen LogP contribution is -2.02. The van der Waals surface area contributed by atoms with Crippen LogP contribution in [0.15, 0.2) is 48.5 Å². The molecule has 0 amide bonds. The first-order valence-corrected chi connectivity index (χ1v) is 42.6. The number of unbranched alkanes of at least 4 members (excludes halogenated alkanes) is 32. The summed E-state index contributed by atoms with van der Waals surface area (Å²) in [4.78, 5) is 43.7. The number of fused-ring (bicyclic) bond motifs is 20. The summed E-state index contributed by atoms with van der Waals surface area (Å²) < 4.78 is 24.8. The van der Waals surface area contributed by atoms with Crippen LogP contribution in [0.4, 0.5) is 0 Å². The van der Waals surface area contributed by atoms with Gasteiger partial charge in [-0.15, -0.1) is 0 Å². The van der Waals surface area contributed by atoms with E-state index in [4.69, 9.17) is 29.9 Å². The van der Waals surface area contributed by atoms with Crippen LogP contribution >= 0.6 is 0 Å². The molecule has 2 N–H and O–H groups in total. The van der Waals surface area contributed by atoms with Gasteiger partial charge in [-0.1, -0.05) is 289 Å². The molecule has 0 atom stereocenters. The summed E-state index contributed by atoms with van der Waals surface area (Å²) in [6.45, 7) is 16.1. The lowest BCUT2D eigenvalue weighted by molar-refractivity contribution is 0.595. The molecule has 5 heterocycles. The summed E-state index contributed by atoms with van der Waals surface area (Å²) >= 11 is 0. The first kappa shape index (κ1) is 76.4. The first-order valence-electron chi connectivity index (χ1n) is 40.6. The van der Waals surface area contributed by atoms with Crippen molar-refractivity contribution in [3.63, 3.8) is 0 Å². The van der Waals surface area contributed by atoms with Crippen molar-refractivity contribution in [3.8, 4) is 45.6 Å². The number of nitrogens with zero attached hydrogens (tertiary/aromatic N) is 6. The van der Waals surface area contributed by atoms with Gasteiger partial charge >= 0.3 is 0 Å². The second kappa shape index (κ2) is 40.6. The Morgan fingerprint density at radius 3 is 0.755 bits per heavy atom. The Kier molecular flexibility index (Phi) is 31.6. The summed E-state index contributed by atoms with van der Waals surface area (Å²) in [5.41, 5.74) is 17.9. The summed E-state index contributed by atoms with van der Waals surface area (Å²) in [6, 6.07) is 19.2. The molecule has 4 aromatic carbocycles. The molecule has 11 heteroatoms. The predicted octanol–water partition coefficient (Wildman–Crippen LogP) is 25.4. The highest BCUT2D eigenvalue weighted by atomic mass is 32.2. The summed E-state index contributed by atoms with van der Waals surface area (Å²) in [5.74, 6) is 3.11. The van der Waals surface area contributed by atoms with Gasteiger partial charge in [-0.3, -0.25) is 0 Å². The first-order chi connectivity index (χ1) is 48.0. The molecule has 8 bridgehead atoms. The molecule has 0 fully saturated rings. The average molecular weight is 1350 g/mol. The number of rotatable bonds is 48. The van der Waals surface area contributed by atoms with E-state index in [0.29, 0.717) is 18.1 Å². The highest BCUT2D eigenvalue weighted by Gasteiger charge is 2.30.